The van der Waals surface area contributed by atoms with Crippen molar-refractivity contribution in [1.82, 2.24) is 19.6 Å². The summed E-state index contributed by atoms with van der Waals surface area (Å²) in [5.41, 5.74) is 0.729. The Morgan fingerprint density at radius 3 is 2.54 bits per heavy atom. The van der Waals surface area contributed by atoms with E-state index in [1.807, 2.05) is 6.92 Å². The largest absolute Gasteiger partial charge is 0.437 e. The molecule has 1 aromatic carbocycles. The second-order valence-electron chi connectivity index (χ2n) is 6.96. The number of ether oxygens (including phenoxy) is 1. The van der Waals surface area contributed by atoms with Gasteiger partial charge in [-0.2, -0.15) is 4.31 Å². The molecular formula is C19H20N4O4S. The Balaban J connectivity index is 1.40. The summed E-state index contributed by atoms with van der Waals surface area (Å²) in [4.78, 5) is 19.8. The SMILES string of the molecule is C=CC(=O)NC1C2CN(S(=O)(=O)c3ccc(Oc4cncc(C)n4)cc3)CC21. The lowest BCUT2D eigenvalue weighted by molar-refractivity contribution is -0.116. The fraction of sp³-hybridized carbons (Fsp3) is 0.316. The quantitative estimate of drug-likeness (QED) is 0.738. The van der Waals surface area contributed by atoms with Gasteiger partial charge < -0.3 is 10.1 Å². The Morgan fingerprint density at radius 2 is 1.93 bits per heavy atom. The van der Waals surface area contributed by atoms with Crippen LogP contribution in [0.3, 0.4) is 0 Å². The van der Waals surface area contributed by atoms with Crippen LogP contribution >= 0.6 is 0 Å². The van der Waals surface area contributed by atoms with Gasteiger partial charge in [0.05, 0.1) is 16.8 Å². The molecule has 9 heteroatoms. The lowest BCUT2D eigenvalue weighted by atomic mass is 10.3. The first-order valence-corrected chi connectivity index (χ1v) is 10.3. The van der Waals surface area contributed by atoms with Gasteiger partial charge in [-0.1, -0.05) is 6.58 Å². The molecule has 2 unspecified atom stereocenters. The van der Waals surface area contributed by atoms with E-state index in [0.717, 1.165) is 5.69 Å². The molecule has 2 aliphatic rings. The zero-order valence-electron chi connectivity index (χ0n) is 15.3. The third kappa shape index (κ3) is 3.50. The maximum absolute atomic E-state index is 12.9. The van der Waals surface area contributed by atoms with E-state index >= 15 is 0 Å². The normalized spacial score (nSPS) is 23.7. The highest BCUT2D eigenvalue weighted by molar-refractivity contribution is 7.89. The van der Waals surface area contributed by atoms with Gasteiger partial charge in [0, 0.05) is 25.3 Å². The molecule has 1 N–H and O–H groups in total. The number of carbonyl (C=O) groups is 1. The molecule has 0 bridgehead atoms. The molecule has 146 valence electrons. The number of hydrogen-bond acceptors (Lipinski definition) is 6. The van der Waals surface area contributed by atoms with Crippen LogP contribution in [0, 0.1) is 18.8 Å². The fourth-order valence-electron chi connectivity index (χ4n) is 3.56. The fourth-order valence-corrected chi connectivity index (χ4v) is 5.08. The van der Waals surface area contributed by atoms with Crippen molar-refractivity contribution < 1.29 is 17.9 Å². The second-order valence-corrected chi connectivity index (χ2v) is 8.90. The summed E-state index contributed by atoms with van der Waals surface area (Å²) < 4.78 is 32.8. The summed E-state index contributed by atoms with van der Waals surface area (Å²) in [5, 5.41) is 2.85. The lowest BCUT2D eigenvalue weighted by Gasteiger charge is -2.20. The van der Waals surface area contributed by atoms with Gasteiger partial charge in [-0.25, -0.2) is 13.4 Å². The Kier molecular flexibility index (Phi) is 4.64. The first-order valence-electron chi connectivity index (χ1n) is 8.88. The van der Waals surface area contributed by atoms with Crippen molar-refractivity contribution in [1.29, 1.82) is 0 Å². The van der Waals surface area contributed by atoms with Crippen LogP contribution in [0.5, 0.6) is 11.6 Å². The van der Waals surface area contributed by atoms with E-state index in [9.17, 15) is 13.2 Å². The molecule has 8 nitrogen and oxygen atoms in total. The van der Waals surface area contributed by atoms with Crippen LogP contribution in [0.1, 0.15) is 5.69 Å². The van der Waals surface area contributed by atoms with E-state index in [1.54, 1.807) is 18.3 Å². The van der Waals surface area contributed by atoms with Gasteiger partial charge in [0.1, 0.15) is 5.75 Å². The minimum Gasteiger partial charge on any atom is -0.437 e. The van der Waals surface area contributed by atoms with E-state index in [0.29, 0.717) is 24.7 Å². The van der Waals surface area contributed by atoms with Gasteiger partial charge in [0.25, 0.3) is 0 Å². The first-order chi connectivity index (χ1) is 13.4. The summed E-state index contributed by atoms with van der Waals surface area (Å²) in [6.07, 6.45) is 4.35. The molecule has 0 spiro atoms. The van der Waals surface area contributed by atoms with Crippen LogP contribution in [-0.4, -0.2) is 47.7 Å². The first kappa shape index (κ1) is 18.6. The lowest BCUT2D eigenvalue weighted by Crippen LogP contribution is -2.36. The minimum atomic E-state index is -3.58. The highest BCUT2D eigenvalue weighted by Gasteiger charge is 2.58. The van der Waals surface area contributed by atoms with Gasteiger partial charge in [-0.3, -0.25) is 9.78 Å². The van der Waals surface area contributed by atoms with E-state index in [1.165, 1.54) is 28.7 Å². The molecule has 1 aliphatic heterocycles. The summed E-state index contributed by atoms with van der Waals surface area (Å²) in [5.74, 6) is 0.947. The molecular weight excluding hydrogens is 380 g/mol. The number of sulfonamides is 1. The van der Waals surface area contributed by atoms with Crippen LogP contribution in [-0.2, 0) is 14.8 Å². The smallest absolute Gasteiger partial charge is 0.243 e. The summed E-state index contributed by atoms with van der Waals surface area (Å²) >= 11 is 0. The summed E-state index contributed by atoms with van der Waals surface area (Å²) in [7, 11) is -3.58. The van der Waals surface area contributed by atoms with Crippen LogP contribution in [0.15, 0.2) is 54.2 Å². The Labute approximate surface area is 163 Å². The number of carbonyl (C=O) groups excluding carboxylic acids is 1. The maximum Gasteiger partial charge on any atom is 0.243 e. The number of amides is 1. The van der Waals surface area contributed by atoms with E-state index in [4.69, 9.17) is 4.74 Å². The maximum atomic E-state index is 12.9. The number of hydrogen-bond donors (Lipinski definition) is 1. The number of benzene rings is 1. The second kappa shape index (κ2) is 6.99. The van der Waals surface area contributed by atoms with Gasteiger partial charge in [-0.15, -0.1) is 0 Å². The molecule has 28 heavy (non-hydrogen) atoms. The molecule has 2 aromatic rings. The van der Waals surface area contributed by atoms with Crippen molar-refractivity contribution in [2.75, 3.05) is 13.1 Å². The van der Waals surface area contributed by atoms with Crippen LogP contribution < -0.4 is 10.1 Å². The van der Waals surface area contributed by atoms with E-state index in [-0.39, 0.29) is 28.7 Å². The summed E-state index contributed by atoms with van der Waals surface area (Å²) in [6, 6.07) is 6.29. The minimum absolute atomic E-state index is 0.0446. The average Bonchev–Trinajstić information content (AvgIpc) is 3.10. The van der Waals surface area contributed by atoms with E-state index < -0.39 is 10.0 Å². The number of aromatic nitrogens is 2. The van der Waals surface area contributed by atoms with Crippen molar-refractivity contribution in [3.05, 3.63) is 55.0 Å². The zero-order chi connectivity index (χ0) is 19.9. The van der Waals surface area contributed by atoms with Crippen LogP contribution in [0.25, 0.3) is 0 Å². The van der Waals surface area contributed by atoms with Crippen molar-refractivity contribution >= 4 is 15.9 Å². The van der Waals surface area contributed by atoms with Crippen molar-refractivity contribution in [2.24, 2.45) is 11.8 Å². The Hall–Kier alpha value is -2.78. The van der Waals surface area contributed by atoms with Crippen molar-refractivity contribution in [3.8, 4) is 11.6 Å². The molecule has 1 saturated heterocycles. The monoisotopic (exact) mass is 400 g/mol. The number of rotatable bonds is 6. The third-order valence-electron chi connectivity index (χ3n) is 5.07. The molecule has 4 rings (SSSR count). The summed E-state index contributed by atoms with van der Waals surface area (Å²) in [6.45, 7) is 6.06. The number of piperidine rings is 1. The van der Waals surface area contributed by atoms with Crippen LogP contribution in [0.2, 0.25) is 0 Å². The standard InChI is InChI=1S/C19H20N4O4S/c1-3-17(24)22-19-15-10-23(11-16(15)19)28(25,26)14-6-4-13(5-7-14)27-18-9-20-8-12(2)21-18/h3-9,15-16,19H,1,10-11H2,2H3,(H,22,24). The number of nitrogens with zero attached hydrogens (tertiary/aromatic N) is 3. The highest BCUT2D eigenvalue weighted by Crippen LogP contribution is 2.47. The van der Waals surface area contributed by atoms with Gasteiger partial charge in [0.15, 0.2) is 0 Å². The highest BCUT2D eigenvalue weighted by atomic mass is 32.2. The predicted octanol–water partition coefficient (Wildman–Crippen LogP) is 1.50. The number of fused-ring (bicyclic) bond motifs is 1. The molecule has 1 amide bonds. The Bertz CT molecular complexity index is 1010. The van der Waals surface area contributed by atoms with Crippen LogP contribution in [0.4, 0.5) is 0 Å². The molecule has 0 radical (unpaired) electrons. The van der Waals surface area contributed by atoms with Gasteiger partial charge in [0.2, 0.25) is 21.8 Å². The van der Waals surface area contributed by atoms with Crippen molar-refractivity contribution in [3.63, 3.8) is 0 Å². The number of nitrogens with one attached hydrogen (secondary N) is 1. The molecule has 1 aromatic heterocycles. The average molecular weight is 400 g/mol. The molecule has 2 atom stereocenters. The molecule has 2 fully saturated rings. The molecule has 2 heterocycles. The van der Waals surface area contributed by atoms with Gasteiger partial charge in [-0.05, 0) is 49.1 Å². The Morgan fingerprint density at radius 1 is 1.25 bits per heavy atom. The zero-order valence-corrected chi connectivity index (χ0v) is 16.1. The van der Waals surface area contributed by atoms with E-state index in [2.05, 4.69) is 21.9 Å². The van der Waals surface area contributed by atoms with Gasteiger partial charge >= 0.3 is 0 Å². The molecule has 1 aliphatic carbocycles. The molecule has 1 saturated carbocycles. The predicted molar refractivity (Wildman–Crippen MR) is 101 cm³/mol. The topological polar surface area (TPSA) is 101 Å². The number of aryl methyl sites for hydroxylation is 1. The van der Waals surface area contributed by atoms with Crippen molar-refractivity contribution in [2.45, 2.75) is 17.9 Å². The third-order valence-corrected chi connectivity index (χ3v) is 6.92.